The quantitative estimate of drug-likeness (QED) is 0.843. The minimum absolute atomic E-state index is 0.161. The predicted octanol–water partition coefficient (Wildman–Crippen LogP) is 1.72. The molecule has 1 aromatic heterocycles. The number of hydrogen-bond donors (Lipinski definition) is 1. The standard InChI is InChI=1S/C11H14N2O3/c1-3-4-11(2)8-7(6-16-11)5-12-9(13-8)10(14)15/h5H,3-4,6H2,1-2H3,(H,14,15). The Balaban J connectivity index is 2.44. The summed E-state index contributed by atoms with van der Waals surface area (Å²) in [4.78, 5) is 18.7. The molecule has 0 aliphatic carbocycles. The molecule has 5 heteroatoms. The normalized spacial score (nSPS) is 23.1. The second kappa shape index (κ2) is 3.83. The van der Waals surface area contributed by atoms with Crippen LogP contribution in [-0.2, 0) is 16.9 Å². The van der Waals surface area contributed by atoms with Gasteiger partial charge >= 0.3 is 5.97 Å². The summed E-state index contributed by atoms with van der Waals surface area (Å²) in [5.41, 5.74) is 1.15. The molecule has 0 saturated carbocycles. The van der Waals surface area contributed by atoms with Crippen molar-refractivity contribution >= 4 is 5.97 Å². The smallest absolute Gasteiger partial charge is 0.373 e. The van der Waals surface area contributed by atoms with E-state index in [1.807, 2.05) is 6.92 Å². The third-order valence-corrected chi connectivity index (χ3v) is 2.83. The Morgan fingerprint density at radius 1 is 1.69 bits per heavy atom. The zero-order valence-electron chi connectivity index (χ0n) is 9.36. The van der Waals surface area contributed by atoms with Crippen LogP contribution >= 0.6 is 0 Å². The van der Waals surface area contributed by atoms with Crippen molar-refractivity contribution in [3.8, 4) is 0 Å². The number of aromatic nitrogens is 2. The van der Waals surface area contributed by atoms with Gasteiger partial charge in [-0.1, -0.05) is 13.3 Å². The summed E-state index contributed by atoms with van der Waals surface area (Å²) in [6, 6.07) is 0. The number of fused-ring (bicyclic) bond motifs is 1. The van der Waals surface area contributed by atoms with Gasteiger partial charge in [0.15, 0.2) is 0 Å². The minimum Gasteiger partial charge on any atom is -0.475 e. The molecule has 0 fully saturated rings. The molecule has 1 aliphatic heterocycles. The van der Waals surface area contributed by atoms with Crippen LogP contribution in [0.4, 0.5) is 0 Å². The fourth-order valence-corrected chi connectivity index (χ4v) is 2.05. The van der Waals surface area contributed by atoms with Crippen LogP contribution in [0.3, 0.4) is 0 Å². The highest BCUT2D eigenvalue weighted by Crippen LogP contribution is 2.37. The zero-order chi connectivity index (χ0) is 11.8. The molecule has 0 spiro atoms. The Labute approximate surface area is 93.5 Å². The molecule has 0 aromatic carbocycles. The molecule has 16 heavy (non-hydrogen) atoms. The van der Waals surface area contributed by atoms with Gasteiger partial charge in [0.1, 0.15) is 5.60 Å². The first-order chi connectivity index (χ1) is 7.57. The molecule has 1 atom stereocenters. The first-order valence-corrected chi connectivity index (χ1v) is 5.30. The minimum atomic E-state index is -1.10. The van der Waals surface area contributed by atoms with Gasteiger partial charge in [0.25, 0.3) is 0 Å². The van der Waals surface area contributed by atoms with E-state index >= 15 is 0 Å². The highest BCUT2D eigenvalue weighted by molar-refractivity contribution is 5.83. The SMILES string of the molecule is CCCC1(C)OCc2cnc(C(=O)O)nc21. The topological polar surface area (TPSA) is 72.3 Å². The van der Waals surface area contributed by atoms with Crippen molar-refractivity contribution in [3.05, 3.63) is 23.3 Å². The van der Waals surface area contributed by atoms with Crippen LogP contribution in [0.25, 0.3) is 0 Å². The number of ether oxygens (including phenoxy) is 1. The van der Waals surface area contributed by atoms with E-state index in [-0.39, 0.29) is 5.82 Å². The summed E-state index contributed by atoms with van der Waals surface area (Å²) >= 11 is 0. The molecule has 1 unspecified atom stereocenters. The van der Waals surface area contributed by atoms with E-state index < -0.39 is 11.6 Å². The van der Waals surface area contributed by atoms with Crippen molar-refractivity contribution in [1.29, 1.82) is 0 Å². The molecule has 1 aromatic rings. The van der Waals surface area contributed by atoms with E-state index in [0.29, 0.717) is 6.61 Å². The summed E-state index contributed by atoms with van der Waals surface area (Å²) in [5.74, 6) is -1.26. The van der Waals surface area contributed by atoms with Crippen molar-refractivity contribution in [1.82, 2.24) is 9.97 Å². The van der Waals surface area contributed by atoms with Crippen molar-refractivity contribution in [2.75, 3.05) is 0 Å². The summed E-state index contributed by atoms with van der Waals surface area (Å²) in [6.45, 7) is 4.47. The van der Waals surface area contributed by atoms with Gasteiger partial charge in [-0.15, -0.1) is 0 Å². The van der Waals surface area contributed by atoms with E-state index in [1.165, 1.54) is 0 Å². The Hall–Kier alpha value is -1.49. The maximum absolute atomic E-state index is 10.8. The van der Waals surface area contributed by atoms with Crippen LogP contribution < -0.4 is 0 Å². The molecule has 2 heterocycles. The first-order valence-electron chi connectivity index (χ1n) is 5.30. The van der Waals surface area contributed by atoms with Crippen LogP contribution in [-0.4, -0.2) is 21.0 Å². The van der Waals surface area contributed by atoms with Crippen LogP contribution in [0.15, 0.2) is 6.20 Å². The molecule has 0 amide bonds. The fourth-order valence-electron chi connectivity index (χ4n) is 2.05. The summed E-state index contributed by atoms with van der Waals surface area (Å²) in [5, 5.41) is 8.85. The lowest BCUT2D eigenvalue weighted by atomic mass is 9.95. The predicted molar refractivity (Wildman–Crippen MR) is 56.0 cm³/mol. The van der Waals surface area contributed by atoms with Gasteiger partial charge in [0.05, 0.1) is 12.3 Å². The summed E-state index contributed by atoms with van der Waals surface area (Å²) in [7, 11) is 0. The van der Waals surface area contributed by atoms with Crippen LogP contribution in [0.1, 0.15) is 48.6 Å². The fraction of sp³-hybridized carbons (Fsp3) is 0.545. The monoisotopic (exact) mass is 222 g/mol. The van der Waals surface area contributed by atoms with Crippen molar-refractivity contribution in [2.24, 2.45) is 0 Å². The highest BCUT2D eigenvalue weighted by atomic mass is 16.5. The lowest BCUT2D eigenvalue weighted by Gasteiger charge is -2.22. The number of rotatable bonds is 3. The van der Waals surface area contributed by atoms with Crippen molar-refractivity contribution in [3.63, 3.8) is 0 Å². The Morgan fingerprint density at radius 2 is 2.44 bits per heavy atom. The molecule has 86 valence electrons. The Kier molecular flexibility index (Phi) is 2.63. The maximum Gasteiger partial charge on any atom is 0.373 e. The van der Waals surface area contributed by atoms with Crippen molar-refractivity contribution < 1.29 is 14.6 Å². The molecular formula is C11H14N2O3. The van der Waals surface area contributed by atoms with Gasteiger partial charge in [-0.05, 0) is 13.3 Å². The number of carboxylic acid groups (broad SMARTS) is 1. The molecule has 0 saturated heterocycles. The highest BCUT2D eigenvalue weighted by Gasteiger charge is 2.37. The number of carboxylic acids is 1. The van der Waals surface area contributed by atoms with Gasteiger partial charge in [-0.3, -0.25) is 0 Å². The number of hydrogen-bond acceptors (Lipinski definition) is 4. The van der Waals surface area contributed by atoms with E-state index in [4.69, 9.17) is 9.84 Å². The third kappa shape index (κ3) is 1.67. The van der Waals surface area contributed by atoms with E-state index in [2.05, 4.69) is 16.9 Å². The van der Waals surface area contributed by atoms with Crippen LogP contribution in [0.5, 0.6) is 0 Å². The van der Waals surface area contributed by atoms with Gasteiger partial charge in [0, 0.05) is 11.8 Å². The molecule has 2 rings (SSSR count). The largest absolute Gasteiger partial charge is 0.475 e. The van der Waals surface area contributed by atoms with Crippen LogP contribution in [0.2, 0.25) is 0 Å². The summed E-state index contributed by atoms with van der Waals surface area (Å²) in [6.07, 6.45) is 3.34. The zero-order valence-corrected chi connectivity index (χ0v) is 9.36. The van der Waals surface area contributed by atoms with E-state index in [0.717, 1.165) is 24.1 Å². The Bertz CT molecular complexity index is 429. The molecule has 1 aliphatic rings. The van der Waals surface area contributed by atoms with Crippen molar-refractivity contribution in [2.45, 2.75) is 38.9 Å². The van der Waals surface area contributed by atoms with Gasteiger partial charge in [-0.25, -0.2) is 14.8 Å². The second-order valence-corrected chi connectivity index (χ2v) is 4.14. The molecular weight excluding hydrogens is 208 g/mol. The maximum atomic E-state index is 10.8. The molecule has 0 radical (unpaired) electrons. The molecule has 0 bridgehead atoms. The second-order valence-electron chi connectivity index (χ2n) is 4.14. The summed E-state index contributed by atoms with van der Waals surface area (Å²) < 4.78 is 5.69. The van der Waals surface area contributed by atoms with E-state index in [1.54, 1.807) is 6.20 Å². The lowest BCUT2D eigenvalue weighted by Crippen LogP contribution is -2.22. The molecule has 1 N–H and O–H groups in total. The molecule has 5 nitrogen and oxygen atoms in total. The number of nitrogens with zero attached hydrogens (tertiary/aromatic N) is 2. The van der Waals surface area contributed by atoms with Gasteiger partial charge in [-0.2, -0.15) is 0 Å². The van der Waals surface area contributed by atoms with Crippen LogP contribution in [0, 0.1) is 0 Å². The Morgan fingerprint density at radius 3 is 3.06 bits per heavy atom. The average molecular weight is 222 g/mol. The number of carbonyl (C=O) groups is 1. The third-order valence-electron chi connectivity index (χ3n) is 2.83. The first kappa shape index (κ1) is 11.0. The lowest BCUT2D eigenvalue weighted by molar-refractivity contribution is -0.0322. The number of aromatic carboxylic acids is 1. The average Bonchev–Trinajstić information content (AvgIpc) is 2.57. The van der Waals surface area contributed by atoms with Gasteiger partial charge in [0.2, 0.25) is 5.82 Å². The van der Waals surface area contributed by atoms with E-state index in [9.17, 15) is 4.79 Å². The van der Waals surface area contributed by atoms with Gasteiger partial charge < -0.3 is 9.84 Å².